The first-order chi connectivity index (χ1) is 6.21. The van der Waals surface area contributed by atoms with Crippen LogP contribution in [0.3, 0.4) is 0 Å². The van der Waals surface area contributed by atoms with Gasteiger partial charge >= 0.3 is 6.03 Å². The average molecular weight is 180 g/mol. The predicted molar refractivity (Wildman–Crippen MR) is 44.9 cm³/mol. The summed E-state index contributed by atoms with van der Waals surface area (Å²) in [5, 5.41) is 5.16. The number of urea groups is 1. The highest BCUT2D eigenvalue weighted by atomic mass is 16.2. The Kier molecular flexibility index (Phi) is 1.16. The molecule has 4 heteroatoms. The number of rotatable bonds is 0. The fourth-order valence-electron chi connectivity index (χ4n) is 3.27. The molecular formula is C9H12N2O2. The minimum Gasteiger partial charge on any atom is -0.323 e. The van der Waals surface area contributed by atoms with Crippen molar-refractivity contribution in [3.05, 3.63) is 0 Å². The fraction of sp³-hybridized carbons (Fsp3) is 0.778. The summed E-state index contributed by atoms with van der Waals surface area (Å²) in [6.07, 6.45) is 4.30. The Balaban J connectivity index is 1.98. The van der Waals surface area contributed by atoms with E-state index in [1.54, 1.807) is 0 Å². The number of fused-ring (bicyclic) bond motifs is 3. The molecule has 3 amide bonds. The van der Waals surface area contributed by atoms with Gasteiger partial charge in [-0.25, -0.2) is 4.79 Å². The van der Waals surface area contributed by atoms with Crippen molar-refractivity contribution in [1.29, 1.82) is 0 Å². The van der Waals surface area contributed by atoms with Crippen molar-refractivity contribution in [3.63, 3.8) is 0 Å². The monoisotopic (exact) mass is 180 g/mol. The van der Waals surface area contributed by atoms with E-state index in [1.807, 2.05) is 0 Å². The molecule has 2 N–H and O–H groups in total. The molecule has 1 aliphatic heterocycles. The second-order valence-corrected chi connectivity index (χ2v) is 4.46. The third-order valence-electron chi connectivity index (χ3n) is 3.82. The van der Waals surface area contributed by atoms with Gasteiger partial charge in [0, 0.05) is 0 Å². The molecule has 2 bridgehead atoms. The summed E-state index contributed by atoms with van der Waals surface area (Å²) >= 11 is 0. The van der Waals surface area contributed by atoms with Crippen LogP contribution in [0.15, 0.2) is 0 Å². The first-order valence-corrected chi connectivity index (χ1v) is 4.84. The van der Waals surface area contributed by atoms with Gasteiger partial charge in [-0.2, -0.15) is 0 Å². The fourth-order valence-corrected chi connectivity index (χ4v) is 3.27. The van der Waals surface area contributed by atoms with Crippen molar-refractivity contribution in [2.75, 3.05) is 0 Å². The Hall–Kier alpha value is -1.06. The SMILES string of the molecule is O=C1NC(=O)[C@]2(C[C@H]3CC[C@H]2C3)N1. The van der Waals surface area contributed by atoms with Crippen molar-refractivity contribution in [2.24, 2.45) is 11.8 Å². The zero-order chi connectivity index (χ0) is 9.05. The Labute approximate surface area is 76.1 Å². The second-order valence-electron chi connectivity index (χ2n) is 4.46. The highest BCUT2D eigenvalue weighted by Gasteiger charge is 2.59. The Morgan fingerprint density at radius 2 is 2.15 bits per heavy atom. The van der Waals surface area contributed by atoms with Gasteiger partial charge in [-0.15, -0.1) is 0 Å². The zero-order valence-corrected chi connectivity index (χ0v) is 7.30. The molecular weight excluding hydrogens is 168 g/mol. The van der Waals surface area contributed by atoms with Crippen LogP contribution in [0.4, 0.5) is 4.79 Å². The van der Waals surface area contributed by atoms with Crippen molar-refractivity contribution >= 4 is 11.9 Å². The molecule has 2 saturated carbocycles. The lowest BCUT2D eigenvalue weighted by molar-refractivity contribution is -0.125. The van der Waals surface area contributed by atoms with Crippen LogP contribution >= 0.6 is 0 Å². The van der Waals surface area contributed by atoms with E-state index >= 15 is 0 Å². The quantitative estimate of drug-likeness (QED) is 0.530. The number of nitrogens with one attached hydrogen (secondary N) is 2. The van der Waals surface area contributed by atoms with E-state index in [-0.39, 0.29) is 11.9 Å². The lowest BCUT2D eigenvalue weighted by atomic mass is 9.81. The van der Waals surface area contributed by atoms with Gasteiger partial charge in [0.05, 0.1) is 0 Å². The molecule has 4 nitrogen and oxygen atoms in total. The van der Waals surface area contributed by atoms with Crippen molar-refractivity contribution < 1.29 is 9.59 Å². The highest BCUT2D eigenvalue weighted by molar-refractivity contribution is 6.07. The summed E-state index contributed by atoms with van der Waals surface area (Å²) < 4.78 is 0. The van der Waals surface area contributed by atoms with Crippen LogP contribution in [0.2, 0.25) is 0 Å². The summed E-state index contributed by atoms with van der Waals surface area (Å²) in [7, 11) is 0. The van der Waals surface area contributed by atoms with Crippen molar-refractivity contribution in [3.8, 4) is 0 Å². The van der Waals surface area contributed by atoms with Gasteiger partial charge in [-0.05, 0) is 37.5 Å². The smallest absolute Gasteiger partial charge is 0.322 e. The van der Waals surface area contributed by atoms with Crippen molar-refractivity contribution in [2.45, 2.75) is 31.2 Å². The molecule has 2 aliphatic carbocycles. The van der Waals surface area contributed by atoms with Crippen LogP contribution < -0.4 is 10.6 Å². The van der Waals surface area contributed by atoms with Gasteiger partial charge < -0.3 is 5.32 Å². The molecule has 13 heavy (non-hydrogen) atoms. The molecule has 1 saturated heterocycles. The summed E-state index contributed by atoms with van der Waals surface area (Å²) in [6.45, 7) is 0. The maximum Gasteiger partial charge on any atom is 0.322 e. The molecule has 3 rings (SSSR count). The summed E-state index contributed by atoms with van der Waals surface area (Å²) in [5.41, 5.74) is -0.514. The number of imide groups is 1. The Bertz CT molecular complexity index is 302. The molecule has 0 aromatic rings. The van der Waals surface area contributed by atoms with Gasteiger partial charge in [0.15, 0.2) is 0 Å². The second kappa shape index (κ2) is 2.05. The van der Waals surface area contributed by atoms with Gasteiger partial charge in [-0.3, -0.25) is 10.1 Å². The molecule has 1 heterocycles. The van der Waals surface area contributed by atoms with Gasteiger partial charge in [0.25, 0.3) is 5.91 Å². The number of hydrogen-bond acceptors (Lipinski definition) is 2. The van der Waals surface area contributed by atoms with Gasteiger partial charge in [0.2, 0.25) is 0 Å². The van der Waals surface area contributed by atoms with E-state index in [1.165, 1.54) is 6.42 Å². The minimum absolute atomic E-state index is 0.0929. The third kappa shape index (κ3) is 0.759. The topological polar surface area (TPSA) is 58.2 Å². The number of carbonyl (C=O) groups excluding carboxylic acids is 2. The Morgan fingerprint density at radius 1 is 1.31 bits per heavy atom. The van der Waals surface area contributed by atoms with E-state index in [2.05, 4.69) is 10.6 Å². The van der Waals surface area contributed by atoms with Crippen LogP contribution in [-0.4, -0.2) is 17.5 Å². The lowest BCUT2D eigenvalue weighted by Gasteiger charge is -2.30. The van der Waals surface area contributed by atoms with Crippen LogP contribution in [0.25, 0.3) is 0 Å². The van der Waals surface area contributed by atoms with Crippen LogP contribution in [0.1, 0.15) is 25.7 Å². The number of hydrogen-bond donors (Lipinski definition) is 2. The van der Waals surface area contributed by atoms with Crippen molar-refractivity contribution in [1.82, 2.24) is 10.6 Å². The highest BCUT2D eigenvalue weighted by Crippen LogP contribution is 2.51. The van der Waals surface area contributed by atoms with E-state index in [4.69, 9.17) is 0 Å². The van der Waals surface area contributed by atoms with Crippen LogP contribution in [0, 0.1) is 11.8 Å². The zero-order valence-electron chi connectivity index (χ0n) is 7.30. The minimum atomic E-state index is -0.514. The summed E-state index contributed by atoms with van der Waals surface area (Å²) in [5.74, 6) is 0.961. The van der Waals surface area contributed by atoms with E-state index < -0.39 is 5.54 Å². The molecule has 1 spiro atoms. The van der Waals surface area contributed by atoms with Crippen LogP contribution in [0.5, 0.6) is 0 Å². The molecule has 0 aromatic heterocycles. The maximum atomic E-state index is 11.6. The molecule has 3 aliphatic rings. The normalized spacial score (nSPS) is 47.1. The summed E-state index contributed by atoms with van der Waals surface area (Å²) in [6, 6.07) is -0.308. The van der Waals surface area contributed by atoms with E-state index in [0.717, 1.165) is 19.3 Å². The molecule has 0 aromatic carbocycles. The van der Waals surface area contributed by atoms with Gasteiger partial charge in [-0.1, -0.05) is 0 Å². The Morgan fingerprint density at radius 3 is 2.62 bits per heavy atom. The van der Waals surface area contributed by atoms with Crippen LogP contribution in [-0.2, 0) is 4.79 Å². The average Bonchev–Trinajstić information content (AvgIpc) is 2.68. The molecule has 70 valence electrons. The first kappa shape index (κ1) is 7.35. The number of carbonyl (C=O) groups is 2. The largest absolute Gasteiger partial charge is 0.323 e. The molecule has 3 atom stereocenters. The molecule has 3 fully saturated rings. The predicted octanol–water partition coefficient (Wildman–Crippen LogP) is 0.385. The van der Waals surface area contributed by atoms with E-state index in [9.17, 15) is 9.59 Å². The third-order valence-corrected chi connectivity index (χ3v) is 3.82. The van der Waals surface area contributed by atoms with Gasteiger partial charge in [0.1, 0.15) is 5.54 Å². The lowest BCUT2D eigenvalue weighted by Crippen LogP contribution is -2.51. The molecule has 0 unspecified atom stereocenters. The summed E-state index contributed by atoms with van der Waals surface area (Å²) in [4.78, 5) is 22.7. The maximum absolute atomic E-state index is 11.6. The standard InChI is InChI=1S/C9H12N2O2/c12-7-9(11-8(13)10-7)4-5-1-2-6(9)3-5/h5-6H,1-4H2,(H2,10,11,12,13)/t5-,6-,9+/m0/s1. The first-order valence-electron chi connectivity index (χ1n) is 4.84. The molecule has 0 radical (unpaired) electrons. The van der Waals surface area contributed by atoms with E-state index in [0.29, 0.717) is 11.8 Å². The number of amides is 3.